The molecule has 0 bridgehead atoms. The van der Waals surface area contributed by atoms with Gasteiger partial charge in [0.15, 0.2) is 0 Å². The molecule has 5 nitrogen and oxygen atoms in total. The zero-order chi connectivity index (χ0) is 14.0. The van der Waals surface area contributed by atoms with E-state index in [2.05, 4.69) is 28.9 Å². The summed E-state index contributed by atoms with van der Waals surface area (Å²) < 4.78 is 1.82. The minimum Gasteiger partial charge on any atom is -0.342 e. The zero-order valence-electron chi connectivity index (χ0n) is 12.1. The largest absolute Gasteiger partial charge is 0.342 e. The minimum absolute atomic E-state index is 0.297. The number of nitrogens with one attached hydrogen (secondary N) is 1. The number of rotatable bonds is 5. The number of aryl methyl sites for hydroxylation is 2. The van der Waals surface area contributed by atoms with Gasteiger partial charge in [0.25, 0.3) is 0 Å². The van der Waals surface area contributed by atoms with E-state index in [1.165, 1.54) is 0 Å². The van der Waals surface area contributed by atoms with Crippen molar-refractivity contribution in [1.29, 1.82) is 0 Å². The maximum Gasteiger partial charge on any atom is 0.110 e. The first-order valence-electron chi connectivity index (χ1n) is 6.76. The van der Waals surface area contributed by atoms with Crippen LogP contribution in [0.4, 0.5) is 0 Å². The summed E-state index contributed by atoms with van der Waals surface area (Å²) >= 11 is 0. The van der Waals surface area contributed by atoms with E-state index in [-0.39, 0.29) is 0 Å². The second-order valence-corrected chi connectivity index (χ2v) is 5.55. The summed E-state index contributed by atoms with van der Waals surface area (Å²) in [4.78, 5) is 7.89. The van der Waals surface area contributed by atoms with Gasteiger partial charge in [-0.15, -0.1) is 0 Å². The number of nitrogens with two attached hydrogens (primary N) is 1. The second-order valence-electron chi connectivity index (χ2n) is 5.55. The Morgan fingerprint density at radius 1 is 1.42 bits per heavy atom. The van der Waals surface area contributed by atoms with Crippen LogP contribution in [-0.4, -0.2) is 26.3 Å². The Hall–Kier alpha value is -1.62. The second kappa shape index (κ2) is 5.57. The molecule has 0 aliphatic carbocycles. The van der Waals surface area contributed by atoms with Gasteiger partial charge < -0.3 is 10.7 Å². The predicted octanol–water partition coefficient (Wildman–Crippen LogP) is 2.21. The fourth-order valence-electron chi connectivity index (χ4n) is 2.43. The van der Waals surface area contributed by atoms with Crippen LogP contribution in [-0.2, 0) is 7.05 Å². The van der Waals surface area contributed by atoms with Crippen molar-refractivity contribution in [3.8, 4) is 11.3 Å². The third kappa shape index (κ3) is 3.04. The van der Waals surface area contributed by atoms with Crippen molar-refractivity contribution in [3.63, 3.8) is 0 Å². The van der Waals surface area contributed by atoms with Crippen LogP contribution in [0.3, 0.4) is 0 Å². The van der Waals surface area contributed by atoms with E-state index in [1.54, 1.807) is 0 Å². The van der Waals surface area contributed by atoms with Gasteiger partial charge in [0.1, 0.15) is 5.82 Å². The molecule has 0 saturated heterocycles. The summed E-state index contributed by atoms with van der Waals surface area (Å²) in [5, 5.41) is 4.35. The molecule has 1 unspecified atom stereocenters. The van der Waals surface area contributed by atoms with Crippen molar-refractivity contribution >= 4 is 0 Å². The lowest BCUT2D eigenvalue weighted by molar-refractivity contribution is 0.490. The van der Waals surface area contributed by atoms with Crippen LogP contribution in [0.2, 0.25) is 0 Å². The van der Waals surface area contributed by atoms with Crippen LogP contribution in [0, 0.1) is 12.8 Å². The van der Waals surface area contributed by atoms with Gasteiger partial charge in [-0.25, -0.2) is 4.98 Å². The molecule has 0 radical (unpaired) electrons. The Morgan fingerprint density at radius 3 is 2.68 bits per heavy atom. The van der Waals surface area contributed by atoms with Gasteiger partial charge >= 0.3 is 0 Å². The molecule has 0 aromatic carbocycles. The van der Waals surface area contributed by atoms with Crippen LogP contribution in [0.25, 0.3) is 11.3 Å². The molecule has 0 fully saturated rings. The van der Waals surface area contributed by atoms with Crippen LogP contribution < -0.4 is 5.73 Å². The average molecular weight is 261 g/mol. The van der Waals surface area contributed by atoms with Crippen molar-refractivity contribution in [1.82, 2.24) is 19.7 Å². The quantitative estimate of drug-likeness (QED) is 0.866. The predicted molar refractivity (Wildman–Crippen MR) is 76.8 cm³/mol. The average Bonchev–Trinajstić information content (AvgIpc) is 2.92. The zero-order valence-corrected chi connectivity index (χ0v) is 12.1. The molecule has 2 rings (SSSR count). The molecule has 104 valence electrons. The highest BCUT2D eigenvalue weighted by atomic mass is 15.2. The Kier molecular flexibility index (Phi) is 4.04. The topological polar surface area (TPSA) is 72.5 Å². The molecular formula is C14H23N5. The van der Waals surface area contributed by atoms with Crippen molar-refractivity contribution < 1.29 is 0 Å². The molecule has 0 aliphatic rings. The Labute approximate surface area is 114 Å². The van der Waals surface area contributed by atoms with Crippen LogP contribution in [0.1, 0.15) is 37.7 Å². The normalized spacial score (nSPS) is 13.2. The fourth-order valence-corrected chi connectivity index (χ4v) is 2.43. The van der Waals surface area contributed by atoms with E-state index in [0.29, 0.717) is 18.4 Å². The van der Waals surface area contributed by atoms with E-state index >= 15 is 0 Å². The molecule has 0 aliphatic heterocycles. The van der Waals surface area contributed by atoms with Gasteiger partial charge in [-0.1, -0.05) is 13.8 Å². The summed E-state index contributed by atoms with van der Waals surface area (Å²) in [5.74, 6) is 1.89. The van der Waals surface area contributed by atoms with E-state index in [9.17, 15) is 0 Å². The smallest absolute Gasteiger partial charge is 0.110 e. The lowest BCUT2D eigenvalue weighted by atomic mass is 9.97. The maximum atomic E-state index is 5.86. The Bertz CT molecular complexity index is 538. The van der Waals surface area contributed by atoms with Crippen LogP contribution in [0.5, 0.6) is 0 Å². The molecular weight excluding hydrogens is 238 g/mol. The molecule has 19 heavy (non-hydrogen) atoms. The van der Waals surface area contributed by atoms with Gasteiger partial charge in [-0.05, 0) is 19.3 Å². The lowest BCUT2D eigenvalue weighted by Crippen LogP contribution is -2.15. The fraction of sp³-hybridized carbons (Fsp3) is 0.571. The molecule has 5 heteroatoms. The van der Waals surface area contributed by atoms with Crippen molar-refractivity contribution in [2.24, 2.45) is 18.7 Å². The minimum atomic E-state index is 0.297. The van der Waals surface area contributed by atoms with Crippen molar-refractivity contribution in [2.75, 3.05) is 6.54 Å². The number of imidazole rings is 1. The summed E-state index contributed by atoms with van der Waals surface area (Å²) in [6.45, 7) is 7.04. The molecule has 2 aromatic heterocycles. The first kappa shape index (κ1) is 13.8. The Balaban J connectivity index is 2.25. The van der Waals surface area contributed by atoms with E-state index < -0.39 is 0 Å². The van der Waals surface area contributed by atoms with E-state index in [1.807, 2.05) is 31.0 Å². The molecule has 3 N–H and O–H groups in total. The monoisotopic (exact) mass is 261 g/mol. The van der Waals surface area contributed by atoms with Gasteiger partial charge in [-0.3, -0.25) is 4.68 Å². The summed E-state index contributed by atoms with van der Waals surface area (Å²) in [7, 11) is 1.93. The molecule has 0 spiro atoms. The number of hydrogen-bond donors (Lipinski definition) is 2. The molecule has 0 amide bonds. The van der Waals surface area contributed by atoms with Crippen molar-refractivity contribution in [2.45, 2.75) is 33.1 Å². The first-order chi connectivity index (χ1) is 9.01. The summed E-state index contributed by atoms with van der Waals surface area (Å²) in [6, 6.07) is 0. The maximum absolute atomic E-state index is 5.86. The number of H-pyrrole nitrogens is 1. The third-order valence-corrected chi connectivity index (χ3v) is 3.33. The molecule has 0 saturated carbocycles. The molecule has 2 aromatic rings. The highest BCUT2D eigenvalue weighted by Gasteiger charge is 2.16. The number of aromatic amines is 1. The lowest BCUT2D eigenvalue weighted by Gasteiger charge is -2.14. The van der Waals surface area contributed by atoms with Crippen molar-refractivity contribution in [3.05, 3.63) is 23.9 Å². The molecule has 1 atom stereocenters. The first-order valence-corrected chi connectivity index (χ1v) is 6.76. The summed E-state index contributed by atoms with van der Waals surface area (Å²) in [6.07, 6.45) is 4.93. The summed E-state index contributed by atoms with van der Waals surface area (Å²) in [5.41, 5.74) is 8.98. The van der Waals surface area contributed by atoms with Gasteiger partial charge in [-0.2, -0.15) is 5.10 Å². The Morgan fingerprint density at radius 2 is 2.16 bits per heavy atom. The highest BCUT2D eigenvalue weighted by Crippen LogP contribution is 2.25. The number of hydrogen-bond acceptors (Lipinski definition) is 3. The van der Waals surface area contributed by atoms with Crippen LogP contribution >= 0.6 is 0 Å². The third-order valence-electron chi connectivity index (χ3n) is 3.33. The molecule has 2 heterocycles. The van der Waals surface area contributed by atoms with E-state index in [0.717, 1.165) is 29.2 Å². The number of nitrogens with zero attached hydrogens (tertiary/aromatic N) is 3. The van der Waals surface area contributed by atoms with Gasteiger partial charge in [0.2, 0.25) is 0 Å². The van der Waals surface area contributed by atoms with Gasteiger partial charge in [0, 0.05) is 31.3 Å². The SMILES string of the molecule is Cc1nn(C)cc1-c1cnc(C(CN)CC(C)C)[nH]1. The standard InChI is InChI=1S/C14H23N5/c1-9(2)5-11(6-15)14-16-7-13(17-14)12-8-19(4)18-10(12)3/h7-9,11H,5-6,15H2,1-4H3,(H,16,17). The van der Waals surface area contributed by atoms with E-state index in [4.69, 9.17) is 5.73 Å². The van der Waals surface area contributed by atoms with Crippen LogP contribution in [0.15, 0.2) is 12.4 Å². The van der Waals surface area contributed by atoms with Gasteiger partial charge in [0.05, 0.1) is 17.6 Å². The highest BCUT2D eigenvalue weighted by molar-refractivity contribution is 5.60. The number of aromatic nitrogens is 4.